The Morgan fingerprint density at radius 2 is 1.96 bits per heavy atom. The maximum absolute atomic E-state index is 12.9. The van der Waals surface area contributed by atoms with Gasteiger partial charge < -0.3 is 10.4 Å². The van der Waals surface area contributed by atoms with Crippen LogP contribution in [0.15, 0.2) is 24.4 Å². The summed E-state index contributed by atoms with van der Waals surface area (Å²) in [4.78, 5) is 8.56. The predicted molar refractivity (Wildman–Crippen MR) is 91.8 cm³/mol. The molecule has 0 aliphatic rings. The van der Waals surface area contributed by atoms with E-state index in [9.17, 15) is 13.2 Å². The number of benzene rings is 1. The van der Waals surface area contributed by atoms with Crippen LogP contribution in [0.1, 0.15) is 31.5 Å². The molecule has 0 spiro atoms. The van der Waals surface area contributed by atoms with Gasteiger partial charge in [0.25, 0.3) is 0 Å². The summed E-state index contributed by atoms with van der Waals surface area (Å²) >= 11 is 0. The van der Waals surface area contributed by atoms with E-state index in [1.165, 1.54) is 6.07 Å². The molecule has 2 N–H and O–H groups in total. The molecule has 2 aromatic heterocycles. The first-order valence-corrected chi connectivity index (χ1v) is 8.11. The lowest BCUT2D eigenvalue weighted by Crippen LogP contribution is -2.09. The van der Waals surface area contributed by atoms with Crippen molar-refractivity contribution in [2.75, 3.05) is 18.5 Å². The van der Waals surface area contributed by atoms with Crippen LogP contribution in [0, 0.1) is 6.92 Å². The fourth-order valence-electron chi connectivity index (χ4n) is 2.46. The van der Waals surface area contributed by atoms with Gasteiger partial charge in [-0.1, -0.05) is 13.8 Å². The molecule has 1 aromatic carbocycles. The van der Waals surface area contributed by atoms with Crippen LogP contribution in [0.2, 0.25) is 0 Å². The average molecular weight is 354 g/mol. The van der Waals surface area contributed by atoms with Crippen LogP contribution in [0.5, 0.6) is 0 Å². The van der Waals surface area contributed by atoms with Crippen molar-refractivity contribution in [2.45, 2.75) is 33.4 Å². The number of alkyl halides is 3. The first-order chi connectivity index (χ1) is 11.9. The summed E-state index contributed by atoms with van der Waals surface area (Å²) in [5, 5.41) is 11.9. The topological polar surface area (TPSA) is 62.5 Å². The number of aromatic nitrogens is 3. The van der Waals surface area contributed by atoms with E-state index >= 15 is 0 Å². The molecule has 2 heterocycles. The van der Waals surface area contributed by atoms with Crippen LogP contribution in [-0.4, -0.2) is 32.6 Å². The highest BCUT2D eigenvalue weighted by molar-refractivity contribution is 5.84. The molecule has 0 fully saturated rings. The number of rotatable bonds is 4. The summed E-state index contributed by atoms with van der Waals surface area (Å²) in [6, 6.07) is 3.48. The summed E-state index contributed by atoms with van der Waals surface area (Å²) in [6.45, 7) is 6.30. The first kappa shape index (κ1) is 19.0. The molecule has 25 heavy (non-hydrogen) atoms. The molecule has 3 rings (SSSR count). The summed E-state index contributed by atoms with van der Waals surface area (Å²) in [7, 11) is 0. The molecule has 0 saturated carbocycles. The number of hydrogen-bond acceptors (Lipinski definition) is 4. The highest BCUT2D eigenvalue weighted by Gasteiger charge is 2.31. The molecule has 0 radical (unpaired) electrons. The van der Waals surface area contributed by atoms with Crippen molar-refractivity contribution in [3.05, 3.63) is 35.7 Å². The van der Waals surface area contributed by atoms with Crippen molar-refractivity contribution in [3.8, 4) is 0 Å². The standard InChI is InChI=1S/C15H15F3N4O.C2H6/c1-9-8-20-14-13(19-5-2-6-23)21-11-7-10(15(16,17)18)3-4-12(11)22(9)14;1-2/h3-4,7-8,23H,2,5-6H2,1H3,(H,19,21);1-2H3. The Morgan fingerprint density at radius 3 is 2.60 bits per heavy atom. The van der Waals surface area contributed by atoms with E-state index in [1.54, 1.807) is 10.6 Å². The Kier molecular flexibility index (Phi) is 5.84. The van der Waals surface area contributed by atoms with Crippen LogP contribution < -0.4 is 5.32 Å². The third-order valence-electron chi connectivity index (χ3n) is 3.55. The van der Waals surface area contributed by atoms with Crippen LogP contribution >= 0.6 is 0 Å². The largest absolute Gasteiger partial charge is 0.416 e. The number of hydrogen-bond donors (Lipinski definition) is 2. The molecule has 0 bridgehead atoms. The van der Waals surface area contributed by atoms with E-state index in [4.69, 9.17) is 5.11 Å². The molecule has 5 nitrogen and oxygen atoms in total. The molecule has 3 aromatic rings. The molecule has 0 unspecified atom stereocenters. The quantitative estimate of drug-likeness (QED) is 0.695. The normalized spacial score (nSPS) is 11.5. The van der Waals surface area contributed by atoms with Crippen molar-refractivity contribution < 1.29 is 18.3 Å². The second kappa shape index (κ2) is 7.69. The van der Waals surface area contributed by atoms with Crippen molar-refractivity contribution >= 4 is 22.5 Å². The van der Waals surface area contributed by atoms with Gasteiger partial charge in [0, 0.05) is 25.0 Å². The van der Waals surface area contributed by atoms with Gasteiger partial charge in [0.15, 0.2) is 11.5 Å². The number of aliphatic hydroxyl groups is 1. The molecule has 8 heteroatoms. The Bertz CT molecular complexity index is 858. The summed E-state index contributed by atoms with van der Waals surface area (Å²) < 4.78 is 40.5. The number of aliphatic hydroxyl groups excluding tert-OH is 1. The van der Waals surface area contributed by atoms with Crippen LogP contribution in [0.4, 0.5) is 19.0 Å². The van der Waals surface area contributed by atoms with Gasteiger partial charge in [-0.15, -0.1) is 0 Å². The van der Waals surface area contributed by atoms with Gasteiger partial charge in [-0.2, -0.15) is 13.2 Å². The number of anilines is 1. The van der Waals surface area contributed by atoms with E-state index in [-0.39, 0.29) is 12.1 Å². The Labute approximate surface area is 143 Å². The maximum atomic E-state index is 12.9. The second-order valence-corrected chi connectivity index (χ2v) is 5.22. The minimum absolute atomic E-state index is 0.0164. The zero-order chi connectivity index (χ0) is 18.6. The Hall–Kier alpha value is -2.35. The SMILES string of the molecule is CC.Cc1cnc2c(NCCCO)nc3cc(C(F)(F)F)ccc3n12. The third-order valence-corrected chi connectivity index (χ3v) is 3.55. The van der Waals surface area contributed by atoms with E-state index < -0.39 is 11.7 Å². The zero-order valence-corrected chi connectivity index (χ0v) is 14.4. The zero-order valence-electron chi connectivity index (χ0n) is 14.4. The molecule has 136 valence electrons. The van der Waals surface area contributed by atoms with Crippen LogP contribution in [-0.2, 0) is 6.18 Å². The van der Waals surface area contributed by atoms with Gasteiger partial charge in [-0.25, -0.2) is 9.97 Å². The molecular formula is C17H21F3N4O. The monoisotopic (exact) mass is 354 g/mol. The van der Waals surface area contributed by atoms with Gasteiger partial charge >= 0.3 is 6.18 Å². The van der Waals surface area contributed by atoms with Crippen molar-refractivity contribution in [1.82, 2.24) is 14.4 Å². The van der Waals surface area contributed by atoms with Gasteiger partial charge in [0.05, 0.1) is 16.6 Å². The maximum Gasteiger partial charge on any atom is 0.416 e. The van der Waals surface area contributed by atoms with Crippen LogP contribution in [0.25, 0.3) is 16.7 Å². The van der Waals surface area contributed by atoms with Gasteiger partial charge in [-0.05, 0) is 31.5 Å². The Balaban J connectivity index is 0.00000109. The summed E-state index contributed by atoms with van der Waals surface area (Å²) in [6.07, 6.45) is -2.27. The molecule has 0 aliphatic heterocycles. The molecule has 0 atom stereocenters. The summed E-state index contributed by atoms with van der Waals surface area (Å²) in [5.41, 5.74) is 1.41. The van der Waals surface area contributed by atoms with Crippen LogP contribution in [0.3, 0.4) is 0 Å². The number of imidazole rings is 1. The molecule has 0 aliphatic carbocycles. The minimum Gasteiger partial charge on any atom is -0.396 e. The van der Waals surface area contributed by atoms with Gasteiger partial charge in [0.1, 0.15) is 0 Å². The fourth-order valence-corrected chi connectivity index (χ4v) is 2.46. The van der Waals surface area contributed by atoms with E-state index in [2.05, 4.69) is 15.3 Å². The molecule has 0 saturated heterocycles. The lowest BCUT2D eigenvalue weighted by atomic mass is 10.2. The lowest BCUT2D eigenvalue weighted by Gasteiger charge is -2.12. The predicted octanol–water partition coefficient (Wildman–Crippen LogP) is 4.03. The van der Waals surface area contributed by atoms with Crippen molar-refractivity contribution in [2.24, 2.45) is 0 Å². The fraction of sp³-hybridized carbons (Fsp3) is 0.412. The molecular weight excluding hydrogens is 333 g/mol. The van der Waals surface area contributed by atoms with E-state index in [0.29, 0.717) is 29.9 Å². The number of nitrogens with one attached hydrogen (secondary N) is 1. The lowest BCUT2D eigenvalue weighted by molar-refractivity contribution is -0.137. The van der Waals surface area contributed by atoms with E-state index in [1.807, 2.05) is 20.8 Å². The number of fused-ring (bicyclic) bond motifs is 3. The Morgan fingerprint density at radius 1 is 1.24 bits per heavy atom. The van der Waals surface area contributed by atoms with Crippen molar-refractivity contribution in [1.29, 1.82) is 0 Å². The number of nitrogens with zero attached hydrogens (tertiary/aromatic N) is 3. The number of halogens is 3. The van der Waals surface area contributed by atoms with Gasteiger partial charge in [-0.3, -0.25) is 4.40 Å². The van der Waals surface area contributed by atoms with Crippen molar-refractivity contribution in [3.63, 3.8) is 0 Å². The van der Waals surface area contributed by atoms with Gasteiger partial charge in [0.2, 0.25) is 0 Å². The highest BCUT2D eigenvalue weighted by atomic mass is 19.4. The van der Waals surface area contributed by atoms with E-state index in [0.717, 1.165) is 17.8 Å². The smallest absolute Gasteiger partial charge is 0.396 e. The highest BCUT2D eigenvalue weighted by Crippen LogP contribution is 2.32. The minimum atomic E-state index is -4.42. The average Bonchev–Trinajstić information content (AvgIpc) is 2.98. The second-order valence-electron chi connectivity index (χ2n) is 5.22. The molecule has 0 amide bonds. The first-order valence-electron chi connectivity index (χ1n) is 8.11. The third kappa shape index (κ3) is 3.84. The summed E-state index contributed by atoms with van der Waals surface area (Å²) in [5.74, 6) is 0.401. The number of aryl methyl sites for hydroxylation is 1.